The predicted octanol–water partition coefficient (Wildman–Crippen LogP) is 0.222. The Hall–Kier alpha value is -0.310. The number of hydrogen-bond acceptors (Lipinski definition) is 4. The zero-order valence-electron chi connectivity index (χ0n) is 8.71. The number of hydrogen-bond donors (Lipinski definition) is 2. The van der Waals surface area contributed by atoms with Crippen LogP contribution in [0.4, 0.5) is 0 Å². The van der Waals surface area contributed by atoms with Crippen molar-refractivity contribution in [2.24, 2.45) is 0 Å². The Kier molecular flexibility index (Phi) is 3.84. The summed E-state index contributed by atoms with van der Waals surface area (Å²) in [4.78, 5) is 23.4. The molecule has 0 radical (unpaired) electrons. The predicted molar refractivity (Wildman–Crippen MR) is 60.4 cm³/mol. The second kappa shape index (κ2) is 5.15. The van der Waals surface area contributed by atoms with Crippen LogP contribution in [-0.4, -0.2) is 36.2 Å². The monoisotopic (exact) mass is 228 g/mol. The van der Waals surface area contributed by atoms with Gasteiger partial charge in [-0.25, -0.2) is 0 Å². The van der Waals surface area contributed by atoms with Crippen LogP contribution in [0.15, 0.2) is 0 Å². The van der Waals surface area contributed by atoms with Gasteiger partial charge in [0.2, 0.25) is 0 Å². The van der Waals surface area contributed by atoms with E-state index in [2.05, 4.69) is 10.6 Å². The minimum Gasteiger partial charge on any atom is -0.307 e. The van der Waals surface area contributed by atoms with Gasteiger partial charge in [-0.05, 0) is 38.8 Å². The van der Waals surface area contributed by atoms with Gasteiger partial charge in [0, 0.05) is 8.58 Å². The second-order valence-corrected chi connectivity index (χ2v) is 5.39. The van der Waals surface area contributed by atoms with Gasteiger partial charge in [-0.1, -0.05) is 0 Å². The largest absolute Gasteiger partial charge is 0.307 e. The van der Waals surface area contributed by atoms with Crippen LogP contribution in [0.2, 0.25) is 0 Å². The standard InChI is InChI=1S/C10H17N2O2P/c13-9(7-3-1-5-11-7)15-10(14)8-4-2-6-12-8/h7-8,11-12,15H,1-6H2/t7-,8-/m0/s1. The summed E-state index contributed by atoms with van der Waals surface area (Å²) >= 11 is 0. The van der Waals surface area contributed by atoms with E-state index in [4.69, 9.17) is 0 Å². The van der Waals surface area contributed by atoms with Crippen molar-refractivity contribution in [3.05, 3.63) is 0 Å². The highest BCUT2D eigenvalue weighted by molar-refractivity contribution is 7.74. The lowest BCUT2D eigenvalue weighted by Gasteiger charge is -2.11. The van der Waals surface area contributed by atoms with E-state index in [-0.39, 0.29) is 31.7 Å². The first kappa shape index (κ1) is 11.2. The Morgan fingerprint density at radius 2 is 1.40 bits per heavy atom. The number of rotatable bonds is 4. The van der Waals surface area contributed by atoms with E-state index < -0.39 is 0 Å². The Morgan fingerprint density at radius 3 is 1.73 bits per heavy atom. The van der Waals surface area contributed by atoms with Crippen molar-refractivity contribution in [1.82, 2.24) is 10.6 Å². The Morgan fingerprint density at radius 1 is 0.933 bits per heavy atom. The molecule has 2 saturated heterocycles. The first-order valence-electron chi connectivity index (χ1n) is 5.59. The zero-order chi connectivity index (χ0) is 10.7. The molecule has 2 rings (SSSR count). The topological polar surface area (TPSA) is 58.2 Å². The molecule has 0 unspecified atom stereocenters. The highest BCUT2D eigenvalue weighted by Gasteiger charge is 2.28. The third-order valence-corrected chi connectivity index (χ3v) is 4.19. The fourth-order valence-electron chi connectivity index (χ4n) is 2.11. The molecule has 0 aromatic heterocycles. The van der Waals surface area contributed by atoms with Crippen LogP contribution in [0.5, 0.6) is 0 Å². The van der Waals surface area contributed by atoms with Crippen LogP contribution in [0.25, 0.3) is 0 Å². The minimum atomic E-state index is -0.155. The lowest BCUT2D eigenvalue weighted by molar-refractivity contribution is -0.115. The van der Waals surface area contributed by atoms with E-state index in [0.29, 0.717) is 0 Å². The van der Waals surface area contributed by atoms with E-state index in [1.165, 1.54) is 0 Å². The van der Waals surface area contributed by atoms with Gasteiger partial charge in [-0.15, -0.1) is 0 Å². The van der Waals surface area contributed by atoms with Crippen molar-refractivity contribution >= 4 is 19.6 Å². The maximum atomic E-state index is 11.7. The van der Waals surface area contributed by atoms with E-state index in [1.807, 2.05) is 0 Å². The van der Waals surface area contributed by atoms with Crippen molar-refractivity contribution in [3.63, 3.8) is 0 Å². The summed E-state index contributed by atoms with van der Waals surface area (Å²) in [5, 5.41) is 6.27. The molecule has 0 aromatic rings. The molecule has 0 saturated carbocycles. The van der Waals surface area contributed by atoms with Crippen LogP contribution in [0.1, 0.15) is 25.7 Å². The Bertz CT molecular complexity index is 232. The first-order chi connectivity index (χ1) is 7.27. The van der Waals surface area contributed by atoms with Crippen LogP contribution >= 0.6 is 8.58 Å². The number of carbonyl (C=O) groups excluding carboxylic acids is 2. The van der Waals surface area contributed by atoms with Gasteiger partial charge in [0.05, 0.1) is 12.1 Å². The molecular formula is C10H17N2O2P. The Labute approximate surface area is 91.3 Å². The number of nitrogens with one attached hydrogen (secondary N) is 2. The third kappa shape index (κ3) is 2.83. The SMILES string of the molecule is O=C(PC(=O)[C@@H]1CCCN1)[C@@H]1CCCN1. The van der Waals surface area contributed by atoms with Crippen LogP contribution in [0, 0.1) is 0 Å². The van der Waals surface area contributed by atoms with Crippen molar-refractivity contribution in [3.8, 4) is 0 Å². The summed E-state index contributed by atoms with van der Waals surface area (Å²) in [5.74, 6) is 0. The molecule has 5 heteroatoms. The second-order valence-electron chi connectivity index (χ2n) is 4.15. The molecular weight excluding hydrogens is 211 g/mol. The Balaban J connectivity index is 1.79. The van der Waals surface area contributed by atoms with Crippen molar-refractivity contribution < 1.29 is 9.59 Å². The molecule has 0 spiro atoms. The summed E-state index contributed by atoms with van der Waals surface area (Å²) < 4.78 is 0. The average Bonchev–Trinajstić information content (AvgIpc) is 2.91. The van der Waals surface area contributed by atoms with E-state index in [0.717, 1.165) is 38.8 Å². The summed E-state index contributed by atoms with van der Waals surface area (Å²) in [6.07, 6.45) is 3.90. The molecule has 84 valence electrons. The molecule has 2 aliphatic heterocycles. The molecule has 0 amide bonds. The smallest absolute Gasteiger partial charge is 0.175 e. The lowest BCUT2D eigenvalue weighted by atomic mass is 10.2. The van der Waals surface area contributed by atoms with E-state index >= 15 is 0 Å². The lowest BCUT2D eigenvalue weighted by Crippen LogP contribution is -2.32. The van der Waals surface area contributed by atoms with Gasteiger partial charge in [-0.3, -0.25) is 9.59 Å². The summed E-state index contributed by atoms with van der Waals surface area (Å²) in [7, 11) is -0.155. The molecule has 2 atom stereocenters. The molecule has 4 nitrogen and oxygen atoms in total. The highest BCUT2D eigenvalue weighted by Crippen LogP contribution is 2.24. The van der Waals surface area contributed by atoms with Crippen LogP contribution in [-0.2, 0) is 9.59 Å². The van der Waals surface area contributed by atoms with Gasteiger partial charge in [0.1, 0.15) is 0 Å². The van der Waals surface area contributed by atoms with Gasteiger partial charge in [0.15, 0.2) is 11.0 Å². The maximum absolute atomic E-state index is 11.7. The summed E-state index contributed by atoms with van der Waals surface area (Å²) in [6.45, 7) is 1.83. The minimum absolute atomic E-state index is 0.0475. The summed E-state index contributed by atoms with van der Waals surface area (Å²) in [5.41, 5.74) is 0.206. The van der Waals surface area contributed by atoms with Crippen LogP contribution in [0.3, 0.4) is 0 Å². The quantitative estimate of drug-likeness (QED) is 0.676. The first-order valence-corrected chi connectivity index (χ1v) is 6.59. The highest BCUT2D eigenvalue weighted by atomic mass is 31.1. The fraction of sp³-hybridized carbons (Fsp3) is 0.800. The maximum Gasteiger partial charge on any atom is 0.175 e. The molecule has 15 heavy (non-hydrogen) atoms. The molecule has 2 N–H and O–H groups in total. The molecule has 2 heterocycles. The van der Waals surface area contributed by atoms with Crippen molar-refractivity contribution in [2.75, 3.05) is 13.1 Å². The summed E-state index contributed by atoms with van der Waals surface area (Å²) in [6, 6.07) is -0.0950. The van der Waals surface area contributed by atoms with Gasteiger partial charge in [0.25, 0.3) is 0 Å². The molecule has 2 aliphatic rings. The van der Waals surface area contributed by atoms with Crippen molar-refractivity contribution in [1.29, 1.82) is 0 Å². The van der Waals surface area contributed by atoms with Gasteiger partial charge < -0.3 is 10.6 Å². The van der Waals surface area contributed by atoms with E-state index in [1.54, 1.807) is 0 Å². The fourth-order valence-corrected chi connectivity index (χ4v) is 3.20. The zero-order valence-corrected chi connectivity index (χ0v) is 9.71. The van der Waals surface area contributed by atoms with E-state index in [9.17, 15) is 9.59 Å². The van der Waals surface area contributed by atoms with Gasteiger partial charge >= 0.3 is 0 Å². The molecule has 0 aliphatic carbocycles. The van der Waals surface area contributed by atoms with Gasteiger partial charge in [-0.2, -0.15) is 0 Å². The molecule has 0 bridgehead atoms. The van der Waals surface area contributed by atoms with Crippen LogP contribution < -0.4 is 10.6 Å². The third-order valence-electron chi connectivity index (χ3n) is 3.00. The normalized spacial score (nSPS) is 30.7. The molecule has 2 fully saturated rings. The molecule has 0 aromatic carbocycles. The van der Waals surface area contributed by atoms with Crippen molar-refractivity contribution in [2.45, 2.75) is 37.8 Å². The average molecular weight is 228 g/mol. The number of carbonyl (C=O) groups is 2.